The van der Waals surface area contributed by atoms with E-state index >= 15 is 0 Å². The monoisotopic (exact) mass is 368 g/mol. The number of carbonyl (C=O) groups is 2. The first-order valence-corrected chi connectivity index (χ1v) is 8.92. The molecule has 2 rings (SSSR count). The topological polar surface area (TPSA) is 102 Å². The third kappa shape index (κ3) is 4.77. The Labute approximate surface area is 143 Å². The summed E-state index contributed by atoms with van der Waals surface area (Å²) in [6, 6.07) is 8.50. The number of ether oxygens (including phenoxy) is 1. The molecule has 0 aliphatic carbocycles. The van der Waals surface area contributed by atoms with Crippen LogP contribution in [0, 0.1) is 0 Å². The molecule has 1 aromatic carbocycles. The molecule has 126 valence electrons. The highest BCUT2D eigenvalue weighted by molar-refractivity contribution is 7.90. The maximum Gasteiger partial charge on any atom is 0.338 e. The molecule has 0 aliphatic rings. The fourth-order valence-electron chi connectivity index (χ4n) is 1.73. The summed E-state index contributed by atoms with van der Waals surface area (Å²) >= 11 is 5.80. The van der Waals surface area contributed by atoms with E-state index < -0.39 is 28.3 Å². The Morgan fingerprint density at radius 2 is 2.00 bits per heavy atom. The number of rotatable bonds is 5. The van der Waals surface area contributed by atoms with Crippen LogP contribution in [0.2, 0.25) is 5.15 Å². The number of esters is 1. The SMILES string of the molecule is CS(=O)(=O)c1cccc(C(=O)OCC(=O)Nc2cccnc2Cl)c1. The molecule has 9 heteroatoms. The number of halogens is 1. The average Bonchev–Trinajstić information content (AvgIpc) is 2.54. The number of nitrogens with zero attached hydrogens (tertiary/aromatic N) is 1. The molecule has 1 amide bonds. The molecule has 2 aromatic rings. The molecule has 7 nitrogen and oxygen atoms in total. The van der Waals surface area contributed by atoms with Gasteiger partial charge in [0.25, 0.3) is 5.91 Å². The van der Waals surface area contributed by atoms with Gasteiger partial charge in [0.15, 0.2) is 21.6 Å². The van der Waals surface area contributed by atoms with E-state index in [-0.39, 0.29) is 15.6 Å². The van der Waals surface area contributed by atoms with Gasteiger partial charge in [-0.25, -0.2) is 18.2 Å². The summed E-state index contributed by atoms with van der Waals surface area (Å²) in [5, 5.41) is 2.56. The van der Waals surface area contributed by atoms with E-state index in [4.69, 9.17) is 16.3 Å². The second kappa shape index (κ2) is 7.41. The number of amides is 1. The first-order chi connectivity index (χ1) is 11.3. The molecular formula is C15H13ClN2O5S. The van der Waals surface area contributed by atoms with Crippen LogP contribution in [-0.2, 0) is 19.4 Å². The minimum absolute atomic E-state index is 0.0106. The van der Waals surface area contributed by atoms with Crippen LogP contribution in [-0.4, -0.2) is 38.1 Å². The summed E-state index contributed by atoms with van der Waals surface area (Å²) in [7, 11) is -3.44. The van der Waals surface area contributed by atoms with Crippen molar-refractivity contribution in [3.63, 3.8) is 0 Å². The molecule has 0 atom stereocenters. The molecule has 1 heterocycles. The Morgan fingerprint density at radius 3 is 2.67 bits per heavy atom. The zero-order chi connectivity index (χ0) is 17.7. The molecule has 0 aliphatic heterocycles. The number of pyridine rings is 1. The van der Waals surface area contributed by atoms with Gasteiger partial charge in [0.2, 0.25) is 0 Å². The third-order valence-electron chi connectivity index (χ3n) is 2.87. The van der Waals surface area contributed by atoms with Gasteiger partial charge in [0, 0.05) is 12.5 Å². The van der Waals surface area contributed by atoms with Crippen molar-refractivity contribution < 1.29 is 22.7 Å². The van der Waals surface area contributed by atoms with E-state index in [1.54, 1.807) is 12.1 Å². The molecule has 0 unspecified atom stereocenters. The number of nitrogens with one attached hydrogen (secondary N) is 1. The number of hydrogen-bond donors (Lipinski definition) is 1. The van der Waals surface area contributed by atoms with Gasteiger partial charge in [0.1, 0.15) is 0 Å². The molecule has 1 aromatic heterocycles. The van der Waals surface area contributed by atoms with E-state index in [0.29, 0.717) is 5.69 Å². The molecule has 0 saturated carbocycles. The van der Waals surface area contributed by atoms with Crippen LogP contribution in [0.15, 0.2) is 47.5 Å². The van der Waals surface area contributed by atoms with E-state index in [2.05, 4.69) is 10.3 Å². The van der Waals surface area contributed by atoms with Crippen molar-refractivity contribution in [3.05, 3.63) is 53.3 Å². The number of sulfone groups is 1. The van der Waals surface area contributed by atoms with Crippen LogP contribution in [0.3, 0.4) is 0 Å². The van der Waals surface area contributed by atoms with Crippen molar-refractivity contribution in [2.24, 2.45) is 0 Å². The van der Waals surface area contributed by atoms with Gasteiger partial charge in [-0.3, -0.25) is 4.79 Å². The van der Waals surface area contributed by atoms with E-state index in [9.17, 15) is 18.0 Å². The molecular weight excluding hydrogens is 356 g/mol. The van der Waals surface area contributed by atoms with Crippen LogP contribution in [0.5, 0.6) is 0 Å². The summed E-state index contributed by atoms with van der Waals surface area (Å²) in [5.41, 5.74) is 0.324. The summed E-state index contributed by atoms with van der Waals surface area (Å²) in [4.78, 5) is 27.5. The highest BCUT2D eigenvalue weighted by atomic mass is 35.5. The van der Waals surface area contributed by atoms with Crippen LogP contribution in [0.1, 0.15) is 10.4 Å². The van der Waals surface area contributed by atoms with Gasteiger partial charge in [-0.05, 0) is 30.3 Å². The van der Waals surface area contributed by atoms with Crippen LogP contribution in [0.25, 0.3) is 0 Å². The third-order valence-corrected chi connectivity index (χ3v) is 4.28. The van der Waals surface area contributed by atoms with Gasteiger partial charge >= 0.3 is 5.97 Å². The van der Waals surface area contributed by atoms with Gasteiger partial charge in [-0.15, -0.1) is 0 Å². The van der Waals surface area contributed by atoms with Gasteiger partial charge in [-0.1, -0.05) is 17.7 Å². The van der Waals surface area contributed by atoms with Crippen molar-refractivity contribution in [2.75, 3.05) is 18.2 Å². The molecule has 0 saturated heterocycles. The minimum atomic E-state index is -3.44. The Hall–Kier alpha value is -2.45. The molecule has 0 bridgehead atoms. The van der Waals surface area contributed by atoms with Crippen molar-refractivity contribution in [2.45, 2.75) is 4.90 Å². The number of hydrogen-bond acceptors (Lipinski definition) is 6. The van der Waals surface area contributed by atoms with Crippen molar-refractivity contribution in [1.82, 2.24) is 4.98 Å². The van der Waals surface area contributed by atoms with Crippen molar-refractivity contribution in [1.29, 1.82) is 0 Å². The van der Waals surface area contributed by atoms with Gasteiger partial charge < -0.3 is 10.1 Å². The first kappa shape index (κ1) is 17.9. The van der Waals surface area contributed by atoms with E-state index in [1.165, 1.54) is 30.5 Å². The highest BCUT2D eigenvalue weighted by Gasteiger charge is 2.14. The lowest BCUT2D eigenvalue weighted by molar-refractivity contribution is -0.119. The summed E-state index contributed by atoms with van der Waals surface area (Å²) in [6.45, 7) is -0.548. The average molecular weight is 369 g/mol. The standard InChI is InChI=1S/C15H13ClN2O5S/c1-24(21,22)11-5-2-4-10(8-11)15(20)23-9-13(19)18-12-6-3-7-17-14(12)16/h2-8H,9H2,1H3,(H,18,19). The summed E-state index contributed by atoms with van der Waals surface area (Å²) in [5.74, 6) is -1.41. The normalized spacial score (nSPS) is 10.9. The maximum atomic E-state index is 11.9. The van der Waals surface area contributed by atoms with Crippen molar-refractivity contribution >= 4 is 39.0 Å². The molecule has 0 fully saturated rings. The van der Waals surface area contributed by atoms with Gasteiger partial charge in [0.05, 0.1) is 16.1 Å². The lowest BCUT2D eigenvalue weighted by atomic mass is 10.2. The lowest BCUT2D eigenvalue weighted by Gasteiger charge is -2.08. The Balaban J connectivity index is 1.98. The van der Waals surface area contributed by atoms with E-state index in [1.807, 2.05) is 0 Å². The zero-order valence-electron chi connectivity index (χ0n) is 12.5. The minimum Gasteiger partial charge on any atom is -0.452 e. The number of benzene rings is 1. The van der Waals surface area contributed by atoms with Crippen LogP contribution >= 0.6 is 11.6 Å². The van der Waals surface area contributed by atoms with E-state index in [0.717, 1.165) is 6.26 Å². The van der Waals surface area contributed by atoms with Crippen LogP contribution in [0.4, 0.5) is 5.69 Å². The number of carbonyl (C=O) groups excluding carboxylic acids is 2. The number of anilines is 1. The second-order valence-electron chi connectivity index (χ2n) is 4.77. The van der Waals surface area contributed by atoms with Crippen molar-refractivity contribution in [3.8, 4) is 0 Å². The molecule has 24 heavy (non-hydrogen) atoms. The van der Waals surface area contributed by atoms with Gasteiger partial charge in [-0.2, -0.15) is 0 Å². The highest BCUT2D eigenvalue weighted by Crippen LogP contribution is 2.17. The second-order valence-corrected chi connectivity index (χ2v) is 7.14. The fraction of sp³-hybridized carbons (Fsp3) is 0.133. The largest absolute Gasteiger partial charge is 0.452 e. The molecule has 1 N–H and O–H groups in total. The Kier molecular flexibility index (Phi) is 5.53. The van der Waals surface area contributed by atoms with Crippen LogP contribution < -0.4 is 5.32 Å². The fourth-order valence-corrected chi connectivity index (χ4v) is 2.57. The first-order valence-electron chi connectivity index (χ1n) is 6.65. The Morgan fingerprint density at radius 1 is 1.25 bits per heavy atom. The Bertz CT molecular complexity index is 883. The predicted octanol–water partition coefficient (Wildman–Crippen LogP) is 1.93. The maximum absolute atomic E-state index is 11.9. The lowest BCUT2D eigenvalue weighted by Crippen LogP contribution is -2.21. The summed E-state index contributed by atoms with van der Waals surface area (Å²) in [6.07, 6.45) is 2.50. The quantitative estimate of drug-likeness (QED) is 0.639. The molecule has 0 radical (unpaired) electrons. The predicted molar refractivity (Wildman–Crippen MR) is 87.7 cm³/mol. The molecule has 0 spiro atoms. The number of aromatic nitrogens is 1. The summed E-state index contributed by atoms with van der Waals surface area (Å²) < 4.78 is 27.8. The smallest absolute Gasteiger partial charge is 0.338 e. The zero-order valence-corrected chi connectivity index (χ0v) is 14.1.